The molecule has 3 atom stereocenters. The van der Waals surface area contributed by atoms with E-state index in [9.17, 15) is 14.5 Å². The van der Waals surface area contributed by atoms with Crippen LogP contribution in [0.1, 0.15) is 18.5 Å². The van der Waals surface area contributed by atoms with E-state index in [4.69, 9.17) is 0 Å². The second-order valence-electron chi connectivity index (χ2n) is 7.12. The summed E-state index contributed by atoms with van der Waals surface area (Å²) in [6.07, 6.45) is 0. The highest BCUT2D eigenvalue weighted by molar-refractivity contribution is 7.76. The van der Waals surface area contributed by atoms with Crippen molar-refractivity contribution in [2.45, 2.75) is 19.0 Å². The molecule has 1 fully saturated rings. The van der Waals surface area contributed by atoms with Crippen molar-refractivity contribution in [2.24, 2.45) is 5.92 Å². The lowest BCUT2D eigenvalue weighted by molar-refractivity contribution is -0.152. The first-order valence-electron chi connectivity index (χ1n) is 9.33. The van der Waals surface area contributed by atoms with Gasteiger partial charge in [0.2, 0.25) is 7.29 Å². The van der Waals surface area contributed by atoms with E-state index >= 15 is 0 Å². The molecule has 4 rings (SSSR count). The Morgan fingerprint density at radius 1 is 0.821 bits per heavy atom. The minimum absolute atomic E-state index is 0.152. The summed E-state index contributed by atoms with van der Waals surface area (Å²) < 4.78 is 16.4. The van der Waals surface area contributed by atoms with Crippen LogP contribution in [0.4, 0.5) is 0 Å². The molecule has 1 aliphatic heterocycles. The van der Waals surface area contributed by atoms with Gasteiger partial charge in [0.05, 0.1) is 0 Å². The molecule has 0 spiro atoms. The third kappa shape index (κ3) is 2.90. The van der Waals surface area contributed by atoms with E-state index in [0.717, 1.165) is 5.56 Å². The van der Waals surface area contributed by atoms with Gasteiger partial charge in [0.25, 0.3) is 0 Å². The van der Waals surface area contributed by atoms with E-state index in [-0.39, 0.29) is 12.0 Å². The fraction of sp³-hybridized carbons (Fsp3) is 0.174. The van der Waals surface area contributed by atoms with Crippen LogP contribution in [0.15, 0.2) is 91.0 Å². The van der Waals surface area contributed by atoms with Gasteiger partial charge in [-0.2, -0.15) is 0 Å². The summed E-state index contributed by atoms with van der Waals surface area (Å²) in [4.78, 5) is 12.1. The number of benzene rings is 3. The molecule has 1 heterocycles. The zero-order valence-electron chi connectivity index (χ0n) is 15.6. The number of carbonyl (C=O) groups is 1. The molecular weight excluding hydrogens is 369 g/mol. The van der Waals surface area contributed by atoms with Crippen LogP contribution in [-0.2, 0) is 9.36 Å². The summed E-state index contributed by atoms with van der Waals surface area (Å²) >= 11 is 0. The number of rotatable bonds is 5. The van der Waals surface area contributed by atoms with Gasteiger partial charge in [-0.05, 0) is 29.8 Å². The molecule has 4 nitrogen and oxygen atoms in total. The van der Waals surface area contributed by atoms with Crippen molar-refractivity contribution in [3.05, 3.63) is 96.6 Å². The summed E-state index contributed by atoms with van der Waals surface area (Å²) in [5.74, 6) is -1.09. The fourth-order valence-corrected chi connectivity index (χ4v) is 7.53. The minimum Gasteiger partial charge on any atom is -0.480 e. The lowest BCUT2D eigenvalue weighted by Crippen LogP contribution is -2.61. The van der Waals surface area contributed by atoms with E-state index in [1.54, 1.807) is 4.67 Å². The van der Waals surface area contributed by atoms with E-state index < -0.39 is 19.3 Å². The largest absolute Gasteiger partial charge is 0.480 e. The predicted octanol–water partition coefficient (Wildman–Crippen LogP) is 4.06. The number of carboxylic acid groups (broad SMARTS) is 1. The molecule has 0 amide bonds. The van der Waals surface area contributed by atoms with Gasteiger partial charge in [-0.3, -0.25) is 9.36 Å². The van der Waals surface area contributed by atoms with E-state index in [1.165, 1.54) is 0 Å². The van der Waals surface area contributed by atoms with Crippen LogP contribution in [-0.4, -0.2) is 21.8 Å². The molecular formula is C23H22NO3P. The molecule has 0 aromatic heterocycles. The van der Waals surface area contributed by atoms with Crippen LogP contribution >= 0.6 is 7.29 Å². The number of carboxylic acids is 1. The number of hydrogen-bond donors (Lipinski definition) is 1. The molecule has 0 bridgehead atoms. The number of aliphatic carboxylic acids is 1. The maximum Gasteiger partial charge on any atom is 0.321 e. The average Bonchev–Trinajstić information content (AvgIpc) is 2.73. The standard InChI is InChI=1S/C23H22NO3P/c1-17-21(18-11-5-2-6-12-18)24(22(17)23(25)26)28(27,19-13-7-3-8-14-19)20-15-9-4-10-16-20/h2-17,21-22H,1H3,(H,25,26)/t17-,21-,22+/m0/s1. The Labute approximate surface area is 164 Å². The van der Waals surface area contributed by atoms with Crippen LogP contribution in [0.2, 0.25) is 0 Å². The summed E-state index contributed by atoms with van der Waals surface area (Å²) in [6.45, 7) is 1.92. The Hall–Kier alpha value is -2.68. The molecule has 1 aliphatic rings. The van der Waals surface area contributed by atoms with Crippen molar-refractivity contribution in [3.8, 4) is 0 Å². The Morgan fingerprint density at radius 2 is 1.25 bits per heavy atom. The third-order valence-electron chi connectivity index (χ3n) is 5.50. The molecule has 0 unspecified atom stereocenters. The Kier molecular flexibility index (Phi) is 4.92. The van der Waals surface area contributed by atoms with Gasteiger partial charge < -0.3 is 5.11 Å². The smallest absolute Gasteiger partial charge is 0.321 e. The lowest BCUT2D eigenvalue weighted by Gasteiger charge is -2.55. The van der Waals surface area contributed by atoms with Gasteiger partial charge in [0.15, 0.2) is 0 Å². The molecule has 0 radical (unpaired) electrons. The van der Waals surface area contributed by atoms with Crippen molar-refractivity contribution < 1.29 is 14.5 Å². The van der Waals surface area contributed by atoms with Crippen molar-refractivity contribution in [1.29, 1.82) is 0 Å². The van der Waals surface area contributed by atoms with E-state index in [1.807, 2.05) is 97.9 Å². The molecule has 5 heteroatoms. The lowest BCUT2D eigenvalue weighted by atomic mass is 9.80. The first-order chi connectivity index (χ1) is 13.5. The van der Waals surface area contributed by atoms with E-state index in [0.29, 0.717) is 10.6 Å². The van der Waals surface area contributed by atoms with Crippen LogP contribution in [0.25, 0.3) is 0 Å². The Balaban J connectivity index is 1.93. The van der Waals surface area contributed by atoms with Gasteiger partial charge in [-0.25, -0.2) is 4.67 Å². The average molecular weight is 391 g/mol. The molecule has 3 aromatic carbocycles. The Morgan fingerprint density at radius 3 is 1.68 bits per heavy atom. The van der Waals surface area contributed by atoms with Crippen molar-refractivity contribution in [1.82, 2.24) is 4.67 Å². The van der Waals surface area contributed by atoms with Crippen LogP contribution in [0.3, 0.4) is 0 Å². The first kappa shape index (κ1) is 18.7. The van der Waals surface area contributed by atoms with Crippen LogP contribution in [0.5, 0.6) is 0 Å². The summed E-state index contributed by atoms with van der Waals surface area (Å²) in [5.41, 5.74) is 0.986. The summed E-state index contributed by atoms with van der Waals surface area (Å²) in [7, 11) is -3.34. The van der Waals surface area contributed by atoms with Gasteiger partial charge in [-0.1, -0.05) is 73.7 Å². The maximum absolute atomic E-state index is 14.7. The zero-order chi connectivity index (χ0) is 19.7. The normalized spacial score (nSPS) is 22.4. The van der Waals surface area contributed by atoms with Crippen LogP contribution < -0.4 is 10.6 Å². The van der Waals surface area contributed by atoms with Crippen molar-refractivity contribution in [3.63, 3.8) is 0 Å². The zero-order valence-corrected chi connectivity index (χ0v) is 16.4. The SMILES string of the molecule is C[C@H]1[C@@H](c2ccccc2)N(P(=O)(c2ccccc2)c2ccccc2)[C@H]1C(=O)O. The molecule has 3 aromatic rings. The van der Waals surface area contributed by atoms with Gasteiger partial charge in [0.1, 0.15) is 6.04 Å². The number of hydrogen-bond acceptors (Lipinski definition) is 2. The second kappa shape index (κ2) is 7.38. The Bertz CT molecular complexity index is 964. The van der Waals surface area contributed by atoms with Crippen LogP contribution in [0, 0.1) is 5.92 Å². The molecule has 1 saturated heterocycles. The minimum atomic E-state index is -3.34. The molecule has 28 heavy (non-hydrogen) atoms. The highest BCUT2D eigenvalue weighted by Gasteiger charge is 2.58. The van der Waals surface area contributed by atoms with Gasteiger partial charge in [0, 0.05) is 22.6 Å². The molecule has 142 valence electrons. The van der Waals surface area contributed by atoms with Gasteiger partial charge >= 0.3 is 5.97 Å². The fourth-order valence-electron chi connectivity index (χ4n) is 4.20. The summed E-state index contributed by atoms with van der Waals surface area (Å²) in [5, 5.41) is 11.2. The highest BCUT2D eigenvalue weighted by atomic mass is 31.2. The van der Waals surface area contributed by atoms with Gasteiger partial charge in [-0.15, -0.1) is 0 Å². The second-order valence-corrected chi connectivity index (χ2v) is 9.77. The van der Waals surface area contributed by atoms with Crippen molar-refractivity contribution in [2.75, 3.05) is 0 Å². The first-order valence-corrected chi connectivity index (χ1v) is 11.0. The molecule has 0 aliphatic carbocycles. The van der Waals surface area contributed by atoms with Crippen molar-refractivity contribution >= 4 is 23.9 Å². The number of nitrogens with zero attached hydrogens (tertiary/aromatic N) is 1. The summed E-state index contributed by atoms with van der Waals surface area (Å²) in [6, 6.07) is 27.2. The third-order valence-corrected chi connectivity index (χ3v) is 8.64. The molecule has 1 N–H and O–H groups in total. The maximum atomic E-state index is 14.7. The topological polar surface area (TPSA) is 57.6 Å². The molecule has 0 saturated carbocycles. The predicted molar refractivity (Wildman–Crippen MR) is 111 cm³/mol. The monoisotopic (exact) mass is 391 g/mol. The highest BCUT2D eigenvalue weighted by Crippen LogP contribution is 2.62. The quantitative estimate of drug-likeness (QED) is 0.667. The van der Waals surface area contributed by atoms with E-state index in [2.05, 4.69) is 0 Å².